The van der Waals surface area contributed by atoms with Crippen molar-refractivity contribution in [3.63, 3.8) is 0 Å². The first-order valence-electron chi connectivity index (χ1n) is 8.64. The zero-order chi connectivity index (χ0) is 18.2. The molecule has 0 bridgehead atoms. The predicted octanol–water partition coefficient (Wildman–Crippen LogP) is 2.65. The van der Waals surface area contributed by atoms with E-state index in [1.54, 1.807) is 31.5 Å². The zero-order valence-electron chi connectivity index (χ0n) is 14.5. The van der Waals surface area contributed by atoms with Gasteiger partial charge < -0.3 is 0 Å². The summed E-state index contributed by atoms with van der Waals surface area (Å²) in [4.78, 5) is 12.1. The fourth-order valence-electron chi connectivity index (χ4n) is 3.69. The number of nitrogens with one attached hydrogen (secondary N) is 1. The molecule has 0 aromatic heterocycles. The minimum atomic E-state index is -3.48. The summed E-state index contributed by atoms with van der Waals surface area (Å²) in [6.07, 6.45) is 5.49. The maximum absolute atomic E-state index is 12.9. The zero-order valence-corrected chi connectivity index (χ0v) is 17.4. The number of allylic oxidation sites excluding steroid dienone is 2. The molecule has 2 aliphatic carbocycles. The number of hydrogen-bond donors (Lipinski definition) is 2. The van der Waals surface area contributed by atoms with Crippen molar-refractivity contribution >= 4 is 34.2 Å². The third-order valence-electron chi connectivity index (χ3n) is 5.04. The van der Waals surface area contributed by atoms with Crippen LogP contribution in [0.15, 0.2) is 28.7 Å². The van der Waals surface area contributed by atoms with Gasteiger partial charge in [0.15, 0.2) is 0 Å². The molecule has 7 heteroatoms. The Labute approximate surface area is 154 Å². The molecule has 1 unspecified atom stereocenters. The summed E-state index contributed by atoms with van der Waals surface area (Å²) in [6.45, 7) is 3.61. The van der Waals surface area contributed by atoms with Crippen LogP contribution in [-0.2, 0) is 19.3 Å². The SMILES string of the molecule is CC(C)[C@@H]([AsH]S(=O)(=O)c1ccc2c(c1)CC1=C2CCCC1)C(=O)NO. The first-order chi connectivity index (χ1) is 11.8. The molecule has 0 saturated heterocycles. The van der Waals surface area contributed by atoms with E-state index in [9.17, 15) is 13.2 Å². The van der Waals surface area contributed by atoms with Gasteiger partial charge in [0.25, 0.3) is 0 Å². The Hall–Kier alpha value is -1.10. The van der Waals surface area contributed by atoms with Crippen molar-refractivity contribution in [3.8, 4) is 0 Å². The van der Waals surface area contributed by atoms with Crippen molar-refractivity contribution in [1.29, 1.82) is 0 Å². The van der Waals surface area contributed by atoms with Gasteiger partial charge in [-0.05, 0) is 0 Å². The number of carbonyl (C=O) groups is 1. The molecule has 0 aliphatic heterocycles. The van der Waals surface area contributed by atoms with Crippen molar-refractivity contribution in [2.75, 3.05) is 0 Å². The second kappa shape index (κ2) is 7.26. The molecule has 0 saturated carbocycles. The Bertz CT molecular complexity index is 829. The third kappa shape index (κ3) is 3.71. The third-order valence-corrected chi connectivity index (χ3v) is 13.5. The van der Waals surface area contributed by atoms with Crippen LogP contribution in [0.5, 0.6) is 0 Å². The number of rotatable bonds is 5. The molecule has 2 aliphatic rings. The van der Waals surface area contributed by atoms with Gasteiger partial charge in [-0.1, -0.05) is 0 Å². The van der Waals surface area contributed by atoms with Crippen LogP contribution in [0.2, 0.25) is 4.71 Å². The quantitative estimate of drug-likeness (QED) is 0.432. The molecule has 0 heterocycles. The van der Waals surface area contributed by atoms with E-state index in [0.717, 1.165) is 24.8 Å². The summed E-state index contributed by atoms with van der Waals surface area (Å²) < 4.78 is 25.1. The summed E-state index contributed by atoms with van der Waals surface area (Å²) >= 11 is -1.65. The van der Waals surface area contributed by atoms with Crippen LogP contribution in [0, 0.1) is 5.92 Å². The molecule has 0 fully saturated rings. The number of amides is 1. The fourth-order valence-corrected chi connectivity index (χ4v) is 11.4. The average Bonchev–Trinajstić information content (AvgIpc) is 2.96. The topological polar surface area (TPSA) is 83.5 Å². The first kappa shape index (κ1) is 18.7. The van der Waals surface area contributed by atoms with Gasteiger partial charge in [-0.25, -0.2) is 0 Å². The number of benzene rings is 1. The van der Waals surface area contributed by atoms with Crippen LogP contribution in [0.25, 0.3) is 5.57 Å². The molecule has 3 rings (SSSR count). The molecule has 136 valence electrons. The van der Waals surface area contributed by atoms with Crippen molar-refractivity contribution in [2.24, 2.45) is 5.92 Å². The molecule has 25 heavy (non-hydrogen) atoms. The summed E-state index contributed by atoms with van der Waals surface area (Å²) in [5, 5.41) is 8.89. The number of hydrogen-bond acceptors (Lipinski definition) is 4. The molecular weight excluding hydrogens is 401 g/mol. The molecule has 2 N–H and O–H groups in total. The number of hydroxylamine groups is 1. The van der Waals surface area contributed by atoms with E-state index in [4.69, 9.17) is 5.21 Å². The van der Waals surface area contributed by atoms with E-state index < -0.39 is 33.3 Å². The molecule has 5 nitrogen and oxygen atoms in total. The molecular formula is C18H24AsNO4S. The first-order valence-corrected chi connectivity index (χ1v) is 13.9. The second-order valence-corrected chi connectivity index (χ2v) is 15.0. The normalized spacial score (nSPS) is 18.6. The van der Waals surface area contributed by atoms with Crippen LogP contribution >= 0.6 is 0 Å². The maximum atomic E-state index is 12.9. The van der Waals surface area contributed by atoms with Crippen LogP contribution in [0.1, 0.15) is 50.7 Å². The summed E-state index contributed by atoms with van der Waals surface area (Å²) in [6, 6.07) is 5.44. The van der Waals surface area contributed by atoms with Crippen molar-refractivity contribution in [1.82, 2.24) is 5.48 Å². The van der Waals surface area contributed by atoms with Gasteiger partial charge in [-0.3, -0.25) is 0 Å². The van der Waals surface area contributed by atoms with Gasteiger partial charge >= 0.3 is 154 Å². The second-order valence-electron chi connectivity index (χ2n) is 7.10. The van der Waals surface area contributed by atoms with Gasteiger partial charge in [0, 0.05) is 0 Å². The van der Waals surface area contributed by atoms with Crippen molar-refractivity contribution < 1.29 is 18.4 Å². The minimum absolute atomic E-state index is 0.134. The summed E-state index contributed by atoms with van der Waals surface area (Å²) in [5.74, 6) is -0.734. The van der Waals surface area contributed by atoms with Gasteiger partial charge in [0.05, 0.1) is 0 Å². The van der Waals surface area contributed by atoms with Crippen molar-refractivity contribution in [3.05, 3.63) is 34.9 Å². The Balaban J connectivity index is 1.87. The van der Waals surface area contributed by atoms with Gasteiger partial charge in [-0.15, -0.1) is 0 Å². The van der Waals surface area contributed by atoms with E-state index in [0.29, 0.717) is 4.90 Å². The Morgan fingerprint density at radius 3 is 2.64 bits per heavy atom. The van der Waals surface area contributed by atoms with Crippen LogP contribution < -0.4 is 5.48 Å². The van der Waals surface area contributed by atoms with E-state index in [1.807, 2.05) is 6.07 Å². The van der Waals surface area contributed by atoms with Crippen LogP contribution in [-0.4, -0.2) is 34.1 Å². The van der Waals surface area contributed by atoms with E-state index in [-0.39, 0.29) is 5.92 Å². The fraction of sp³-hybridized carbons (Fsp3) is 0.500. The molecule has 0 spiro atoms. The van der Waals surface area contributed by atoms with Gasteiger partial charge in [0.2, 0.25) is 0 Å². The Kier molecular flexibility index (Phi) is 5.42. The van der Waals surface area contributed by atoms with Gasteiger partial charge in [-0.2, -0.15) is 0 Å². The van der Waals surface area contributed by atoms with Crippen LogP contribution in [0.4, 0.5) is 0 Å². The Morgan fingerprint density at radius 1 is 1.24 bits per heavy atom. The summed E-state index contributed by atoms with van der Waals surface area (Å²) in [7, 11) is -3.48. The molecule has 2 atom stereocenters. The number of fused-ring (bicyclic) bond motifs is 2. The van der Waals surface area contributed by atoms with Crippen LogP contribution in [0.3, 0.4) is 0 Å². The van der Waals surface area contributed by atoms with E-state index in [2.05, 4.69) is 0 Å². The summed E-state index contributed by atoms with van der Waals surface area (Å²) in [5.41, 5.74) is 6.81. The molecule has 1 amide bonds. The molecule has 0 radical (unpaired) electrons. The van der Waals surface area contributed by atoms with E-state index in [1.165, 1.54) is 29.6 Å². The molecule has 1 aromatic rings. The van der Waals surface area contributed by atoms with E-state index >= 15 is 0 Å². The average molecular weight is 425 g/mol. The molecule has 1 aromatic carbocycles. The standard InChI is InChI=1S/C18H24AsNO4S/c1-11(2)17(18(21)20-22)19-25(23,24)14-7-8-16-13(10-14)9-12-5-3-4-6-15(12)16/h7-8,10-11,17,19,22H,3-6,9H2,1-2H3,(H,20,21)/t17-/m1/s1. The predicted molar refractivity (Wildman–Crippen MR) is 98.4 cm³/mol. The number of carbonyl (C=O) groups excluding carboxylic acids is 1. The Morgan fingerprint density at radius 2 is 1.96 bits per heavy atom. The van der Waals surface area contributed by atoms with Gasteiger partial charge in [0.1, 0.15) is 0 Å². The monoisotopic (exact) mass is 425 g/mol. The van der Waals surface area contributed by atoms with Crippen molar-refractivity contribution in [2.45, 2.75) is 55.6 Å².